The third kappa shape index (κ3) is 2.73. The number of rotatable bonds is 2. The van der Waals surface area contributed by atoms with Crippen LogP contribution < -0.4 is 5.32 Å². The molecule has 3 aromatic carbocycles. The number of halogens is 2. The summed E-state index contributed by atoms with van der Waals surface area (Å²) in [5.74, 6) is -0.127. The lowest BCUT2D eigenvalue weighted by molar-refractivity contribution is 0.102. The second-order valence-corrected chi connectivity index (χ2v) is 5.58. The number of anilines is 1. The minimum absolute atomic E-state index is 0.170. The minimum Gasteiger partial charge on any atom is -0.507 e. The summed E-state index contributed by atoms with van der Waals surface area (Å²) in [4.78, 5) is 12.3. The Balaban J connectivity index is 1.97. The molecule has 1 amide bonds. The number of hydrogen-bond donors (Lipinski definition) is 2. The molecule has 0 aromatic heterocycles. The minimum atomic E-state index is -0.297. The largest absolute Gasteiger partial charge is 0.507 e. The molecule has 110 valence electrons. The van der Waals surface area contributed by atoms with Gasteiger partial charge in [0.05, 0.1) is 10.0 Å². The van der Waals surface area contributed by atoms with Gasteiger partial charge in [0.15, 0.2) is 0 Å². The number of aromatic hydroxyl groups is 1. The van der Waals surface area contributed by atoms with Crippen LogP contribution in [0.5, 0.6) is 5.75 Å². The zero-order valence-electron chi connectivity index (χ0n) is 11.3. The van der Waals surface area contributed by atoms with E-state index in [0.29, 0.717) is 26.7 Å². The van der Waals surface area contributed by atoms with E-state index in [-0.39, 0.29) is 11.7 Å². The van der Waals surface area contributed by atoms with Crippen LogP contribution in [0.4, 0.5) is 5.69 Å². The number of amides is 1. The Labute approximate surface area is 137 Å². The molecule has 0 unspecified atom stereocenters. The second kappa shape index (κ2) is 5.87. The van der Waals surface area contributed by atoms with Gasteiger partial charge < -0.3 is 10.4 Å². The maximum Gasteiger partial charge on any atom is 0.255 e. The molecule has 0 aliphatic heterocycles. The summed E-state index contributed by atoms with van der Waals surface area (Å²) in [6, 6.07) is 15.2. The quantitative estimate of drug-likeness (QED) is 0.685. The molecule has 0 saturated carbocycles. The van der Waals surface area contributed by atoms with Crippen molar-refractivity contribution in [1.29, 1.82) is 0 Å². The highest BCUT2D eigenvalue weighted by molar-refractivity contribution is 6.42. The number of benzene rings is 3. The Bertz CT molecular complexity index is 878. The zero-order valence-corrected chi connectivity index (χ0v) is 12.8. The van der Waals surface area contributed by atoms with Crippen molar-refractivity contribution in [3.05, 3.63) is 70.2 Å². The van der Waals surface area contributed by atoms with E-state index in [1.165, 1.54) is 6.07 Å². The third-order valence-electron chi connectivity index (χ3n) is 3.33. The summed E-state index contributed by atoms with van der Waals surface area (Å²) in [6.07, 6.45) is 0. The Morgan fingerprint density at radius 3 is 2.41 bits per heavy atom. The predicted molar refractivity (Wildman–Crippen MR) is 90.0 cm³/mol. The zero-order chi connectivity index (χ0) is 15.7. The molecule has 0 radical (unpaired) electrons. The Morgan fingerprint density at radius 1 is 0.909 bits per heavy atom. The Morgan fingerprint density at radius 2 is 1.64 bits per heavy atom. The van der Waals surface area contributed by atoms with Gasteiger partial charge >= 0.3 is 0 Å². The molecule has 0 atom stereocenters. The number of carbonyl (C=O) groups is 1. The van der Waals surface area contributed by atoms with Gasteiger partial charge in [-0.05, 0) is 30.3 Å². The molecule has 0 fully saturated rings. The fourth-order valence-corrected chi connectivity index (χ4v) is 2.53. The molecule has 3 aromatic rings. The summed E-state index contributed by atoms with van der Waals surface area (Å²) in [5, 5.41) is 14.8. The fraction of sp³-hybridized carbons (Fsp3) is 0. The Hall–Kier alpha value is -2.23. The van der Waals surface area contributed by atoms with Crippen LogP contribution in [0.25, 0.3) is 10.8 Å². The van der Waals surface area contributed by atoms with Crippen molar-refractivity contribution in [3.8, 4) is 5.75 Å². The summed E-state index contributed by atoms with van der Waals surface area (Å²) < 4.78 is 0. The van der Waals surface area contributed by atoms with Gasteiger partial charge in [0, 0.05) is 22.0 Å². The van der Waals surface area contributed by atoms with Crippen LogP contribution >= 0.6 is 23.2 Å². The van der Waals surface area contributed by atoms with Gasteiger partial charge in [0.2, 0.25) is 0 Å². The number of carbonyl (C=O) groups excluding carboxylic acids is 1. The first kappa shape index (κ1) is 14.7. The molecule has 22 heavy (non-hydrogen) atoms. The van der Waals surface area contributed by atoms with E-state index in [4.69, 9.17) is 23.2 Å². The van der Waals surface area contributed by atoms with Crippen LogP contribution in [0.3, 0.4) is 0 Å². The van der Waals surface area contributed by atoms with E-state index in [1.807, 2.05) is 6.07 Å². The smallest absolute Gasteiger partial charge is 0.255 e. The fourth-order valence-electron chi connectivity index (χ4n) is 2.23. The lowest BCUT2D eigenvalue weighted by Gasteiger charge is -2.10. The molecule has 0 aliphatic carbocycles. The van der Waals surface area contributed by atoms with Crippen molar-refractivity contribution in [3.63, 3.8) is 0 Å². The van der Waals surface area contributed by atoms with Crippen LogP contribution in [0.2, 0.25) is 10.0 Å². The molecule has 2 N–H and O–H groups in total. The average molecular weight is 332 g/mol. The van der Waals surface area contributed by atoms with E-state index in [1.54, 1.807) is 42.5 Å². The van der Waals surface area contributed by atoms with Crippen molar-refractivity contribution in [1.82, 2.24) is 0 Å². The standard InChI is InChI=1S/C17H11Cl2NO2/c18-13-8-7-10(9-14(13)19)17(22)20-15-5-1-4-12-11(15)3-2-6-16(12)21/h1-9,21H,(H,20,22). The molecule has 5 heteroatoms. The van der Waals surface area contributed by atoms with Gasteiger partial charge in [-0.25, -0.2) is 0 Å². The summed E-state index contributed by atoms with van der Waals surface area (Å²) in [5.41, 5.74) is 1.02. The maximum absolute atomic E-state index is 12.3. The van der Waals surface area contributed by atoms with E-state index in [9.17, 15) is 9.90 Å². The van der Waals surface area contributed by atoms with Gasteiger partial charge in [-0.1, -0.05) is 47.5 Å². The van der Waals surface area contributed by atoms with Crippen molar-refractivity contribution < 1.29 is 9.90 Å². The number of fused-ring (bicyclic) bond motifs is 1. The summed E-state index contributed by atoms with van der Waals surface area (Å²) in [7, 11) is 0. The lowest BCUT2D eigenvalue weighted by atomic mass is 10.1. The van der Waals surface area contributed by atoms with E-state index in [0.717, 1.165) is 5.39 Å². The van der Waals surface area contributed by atoms with E-state index < -0.39 is 0 Å². The highest BCUT2D eigenvalue weighted by Gasteiger charge is 2.11. The van der Waals surface area contributed by atoms with Crippen molar-refractivity contribution in [2.45, 2.75) is 0 Å². The molecular formula is C17H11Cl2NO2. The third-order valence-corrected chi connectivity index (χ3v) is 4.07. The van der Waals surface area contributed by atoms with Gasteiger partial charge in [-0.15, -0.1) is 0 Å². The first-order chi connectivity index (χ1) is 10.6. The highest BCUT2D eigenvalue weighted by Crippen LogP contribution is 2.30. The van der Waals surface area contributed by atoms with Gasteiger partial charge in [-0.3, -0.25) is 4.79 Å². The highest BCUT2D eigenvalue weighted by atomic mass is 35.5. The van der Waals surface area contributed by atoms with Crippen LogP contribution in [-0.2, 0) is 0 Å². The molecule has 0 saturated heterocycles. The summed E-state index contributed by atoms with van der Waals surface area (Å²) >= 11 is 11.8. The van der Waals surface area contributed by atoms with Gasteiger partial charge in [0.25, 0.3) is 5.91 Å². The molecule has 0 aliphatic rings. The Kier molecular flexibility index (Phi) is 3.92. The first-order valence-electron chi connectivity index (χ1n) is 6.53. The molecule has 0 bridgehead atoms. The maximum atomic E-state index is 12.3. The van der Waals surface area contributed by atoms with Crippen molar-refractivity contribution in [2.24, 2.45) is 0 Å². The van der Waals surface area contributed by atoms with Crippen LogP contribution in [0, 0.1) is 0 Å². The summed E-state index contributed by atoms with van der Waals surface area (Å²) in [6.45, 7) is 0. The predicted octanol–water partition coefficient (Wildman–Crippen LogP) is 5.10. The lowest BCUT2D eigenvalue weighted by Crippen LogP contribution is -2.12. The SMILES string of the molecule is O=C(Nc1cccc2c(O)cccc12)c1ccc(Cl)c(Cl)c1. The van der Waals surface area contributed by atoms with Crippen LogP contribution in [-0.4, -0.2) is 11.0 Å². The van der Waals surface area contributed by atoms with Crippen LogP contribution in [0.15, 0.2) is 54.6 Å². The molecule has 3 rings (SSSR count). The first-order valence-corrected chi connectivity index (χ1v) is 7.29. The monoisotopic (exact) mass is 331 g/mol. The molecule has 0 spiro atoms. The van der Waals surface area contributed by atoms with E-state index >= 15 is 0 Å². The van der Waals surface area contributed by atoms with Gasteiger partial charge in [-0.2, -0.15) is 0 Å². The number of hydrogen-bond acceptors (Lipinski definition) is 2. The van der Waals surface area contributed by atoms with E-state index in [2.05, 4.69) is 5.32 Å². The number of phenolic OH excluding ortho intramolecular Hbond substituents is 1. The van der Waals surface area contributed by atoms with Crippen LogP contribution in [0.1, 0.15) is 10.4 Å². The number of phenols is 1. The second-order valence-electron chi connectivity index (χ2n) is 4.76. The topological polar surface area (TPSA) is 49.3 Å². The average Bonchev–Trinajstić information content (AvgIpc) is 2.51. The number of nitrogens with one attached hydrogen (secondary N) is 1. The normalized spacial score (nSPS) is 10.6. The van der Waals surface area contributed by atoms with Crippen molar-refractivity contribution in [2.75, 3.05) is 5.32 Å². The van der Waals surface area contributed by atoms with Gasteiger partial charge in [0.1, 0.15) is 5.75 Å². The van der Waals surface area contributed by atoms with Crippen molar-refractivity contribution >= 4 is 45.6 Å². The molecule has 0 heterocycles. The molecular weight excluding hydrogens is 321 g/mol. The molecule has 3 nitrogen and oxygen atoms in total.